The monoisotopic (exact) mass is 353 g/mol. The summed E-state index contributed by atoms with van der Waals surface area (Å²) < 4.78 is 17.0. The van der Waals surface area contributed by atoms with Gasteiger partial charge in [-0.25, -0.2) is 4.98 Å². The van der Waals surface area contributed by atoms with Crippen molar-refractivity contribution < 1.29 is 13.6 Å². The Balaban J connectivity index is 1.44. The first-order valence-electron chi connectivity index (χ1n) is 7.73. The molecule has 0 saturated carbocycles. The Morgan fingerprint density at radius 1 is 1.00 bits per heavy atom. The van der Waals surface area contributed by atoms with Gasteiger partial charge in [-0.2, -0.15) is 0 Å². The minimum absolute atomic E-state index is 0.214. The molecule has 0 bridgehead atoms. The van der Waals surface area contributed by atoms with E-state index >= 15 is 0 Å². The standard InChI is InChI=1S/C18H15N3O3S/c1-11-7-8-12(2)15(9-11)22-10-16-20-21-18(24-16)25-17-19-13-5-3-4-6-14(13)23-17/h3-9H,10H2,1-2H3. The van der Waals surface area contributed by atoms with E-state index in [1.807, 2.05) is 56.3 Å². The lowest BCUT2D eigenvalue weighted by molar-refractivity contribution is 0.250. The molecular formula is C18H15N3O3S. The lowest BCUT2D eigenvalue weighted by Gasteiger charge is -2.07. The first-order valence-corrected chi connectivity index (χ1v) is 8.55. The molecule has 0 aliphatic carbocycles. The fourth-order valence-electron chi connectivity index (χ4n) is 2.31. The van der Waals surface area contributed by atoms with Crippen molar-refractivity contribution in [2.24, 2.45) is 0 Å². The van der Waals surface area contributed by atoms with Gasteiger partial charge in [-0.3, -0.25) is 0 Å². The van der Waals surface area contributed by atoms with Crippen molar-refractivity contribution in [2.75, 3.05) is 0 Å². The fraction of sp³-hybridized carbons (Fsp3) is 0.167. The summed E-state index contributed by atoms with van der Waals surface area (Å²) in [5.41, 5.74) is 3.72. The molecule has 0 fully saturated rings. The van der Waals surface area contributed by atoms with Gasteiger partial charge in [0.25, 0.3) is 16.3 Å². The lowest BCUT2D eigenvalue weighted by atomic mass is 10.1. The Bertz CT molecular complexity index is 992. The molecule has 4 aromatic rings. The third kappa shape index (κ3) is 3.51. The average Bonchev–Trinajstić information content (AvgIpc) is 3.22. The van der Waals surface area contributed by atoms with Crippen LogP contribution in [0, 0.1) is 13.8 Å². The van der Waals surface area contributed by atoms with Crippen molar-refractivity contribution in [1.29, 1.82) is 0 Å². The predicted molar refractivity (Wildman–Crippen MR) is 92.7 cm³/mol. The van der Waals surface area contributed by atoms with Crippen molar-refractivity contribution in [3.63, 3.8) is 0 Å². The topological polar surface area (TPSA) is 74.2 Å². The van der Waals surface area contributed by atoms with Crippen LogP contribution in [0.2, 0.25) is 0 Å². The maximum absolute atomic E-state index is 5.77. The van der Waals surface area contributed by atoms with E-state index in [9.17, 15) is 0 Å². The SMILES string of the molecule is Cc1ccc(C)c(OCc2nnc(Sc3nc4ccccc4o3)o2)c1. The van der Waals surface area contributed by atoms with Gasteiger partial charge in [0.1, 0.15) is 11.3 Å². The van der Waals surface area contributed by atoms with E-state index in [1.54, 1.807) is 0 Å². The molecule has 0 unspecified atom stereocenters. The van der Waals surface area contributed by atoms with Crippen LogP contribution in [-0.4, -0.2) is 15.2 Å². The van der Waals surface area contributed by atoms with E-state index in [1.165, 1.54) is 11.8 Å². The molecule has 7 heteroatoms. The smallest absolute Gasteiger partial charge is 0.286 e. The van der Waals surface area contributed by atoms with Crippen LogP contribution in [0.1, 0.15) is 17.0 Å². The second kappa shape index (κ2) is 6.60. The highest BCUT2D eigenvalue weighted by atomic mass is 32.2. The molecule has 2 heterocycles. The zero-order valence-electron chi connectivity index (χ0n) is 13.7. The van der Waals surface area contributed by atoms with Crippen LogP contribution in [0.15, 0.2) is 61.7 Å². The van der Waals surface area contributed by atoms with Gasteiger partial charge in [-0.15, -0.1) is 10.2 Å². The molecule has 2 aromatic heterocycles. The Hall–Kier alpha value is -2.80. The molecule has 6 nitrogen and oxygen atoms in total. The van der Waals surface area contributed by atoms with Crippen LogP contribution >= 0.6 is 11.8 Å². The summed E-state index contributed by atoms with van der Waals surface area (Å²) in [5, 5.41) is 8.83. The van der Waals surface area contributed by atoms with E-state index in [0.717, 1.165) is 28.0 Å². The summed E-state index contributed by atoms with van der Waals surface area (Å²) in [6, 6.07) is 13.6. The summed E-state index contributed by atoms with van der Waals surface area (Å²) >= 11 is 1.19. The number of aromatic nitrogens is 3. The largest absolute Gasteiger partial charge is 0.484 e. The van der Waals surface area contributed by atoms with Gasteiger partial charge < -0.3 is 13.6 Å². The number of rotatable bonds is 5. The summed E-state index contributed by atoms with van der Waals surface area (Å²) in [4.78, 5) is 4.37. The Morgan fingerprint density at radius 2 is 1.88 bits per heavy atom. The van der Waals surface area contributed by atoms with Gasteiger partial charge in [0.15, 0.2) is 12.2 Å². The summed E-state index contributed by atoms with van der Waals surface area (Å²) in [5.74, 6) is 1.21. The van der Waals surface area contributed by atoms with Gasteiger partial charge in [0.05, 0.1) is 0 Å². The van der Waals surface area contributed by atoms with Gasteiger partial charge >= 0.3 is 0 Å². The number of nitrogens with zero attached hydrogens (tertiary/aromatic N) is 3. The number of fused-ring (bicyclic) bond motifs is 1. The number of ether oxygens (including phenoxy) is 1. The molecular weight excluding hydrogens is 338 g/mol. The highest BCUT2D eigenvalue weighted by Gasteiger charge is 2.13. The van der Waals surface area contributed by atoms with E-state index in [-0.39, 0.29) is 6.61 Å². The maximum Gasteiger partial charge on any atom is 0.286 e. The van der Waals surface area contributed by atoms with Crippen LogP contribution in [-0.2, 0) is 6.61 Å². The number of oxazole rings is 1. The van der Waals surface area contributed by atoms with Crippen molar-refractivity contribution in [2.45, 2.75) is 30.9 Å². The molecule has 0 N–H and O–H groups in total. The summed E-state index contributed by atoms with van der Waals surface area (Å²) in [6.07, 6.45) is 0. The number of para-hydroxylation sites is 2. The van der Waals surface area contributed by atoms with E-state index in [4.69, 9.17) is 13.6 Å². The van der Waals surface area contributed by atoms with Gasteiger partial charge in [0, 0.05) is 11.8 Å². The lowest BCUT2D eigenvalue weighted by Crippen LogP contribution is -1.97. The molecule has 0 atom stereocenters. The van der Waals surface area contributed by atoms with E-state index < -0.39 is 0 Å². The molecule has 0 spiro atoms. The van der Waals surface area contributed by atoms with E-state index in [2.05, 4.69) is 15.2 Å². The Labute approximate surface area is 148 Å². The number of aryl methyl sites for hydroxylation is 2. The molecule has 0 aliphatic heterocycles. The van der Waals surface area contributed by atoms with Crippen LogP contribution in [0.25, 0.3) is 11.1 Å². The third-order valence-electron chi connectivity index (χ3n) is 3.59. The van der Waals surface area contributed by atoms with Gasteiger partial charge in [0.2, 0.25) is 0 Å². The van der Waals surface area contributed by atoms with Crippen LogP contribution in [0.4, 0.5) is 0 Å². The van der Waals surface area contributed by atoms with Crippen LogP contribution in [0.5, 0.6) is 5.75 Å². The van der Waals surface area contributed by atoms with Crippen molar-refractivity contribution in [1.82, 2.24) is 15.2 Å². The Kier molecular flexibility index (Phi) is 4.15. The zero-order valence-corrected chi connectivity index (χ0v) is 14.5. The molecule has 0 amide bonds. The molecule has 0 aliphatic rings. The molecule has 2 aromatic carbocycles. The summed E-state index contributed by atoms with van der Waals surface area (Å²) in [6.45, 7) is 4.23. The molecule has 126 valence electrons. The fourth-order valence-corrected chi connectivity index (χ4v) is 2.95. The first kappa shape index (κ1) is 15.7. The summed E-state index contributed by atoms with van der Waals surface area (Å²) in [7, 11) is 0. The molecule has 25 heavy (non-hydrogen) atoms. The molecule has 0 saturated heterocycles. The molecule has 4 rings (SSSR count). The van der Waals surface area contributed by atoms with Crippen molar-refractivity contribution >= 4 is 22.9 Å². The van der Waals surface area contributed by atoms with Crippen molar-refractivity contribution in [3.05, 3.63) is 59.5 Å². The van der Waals surface area contributed by atoms with E-state index in [0.29, 0.717) is 16.3 Å². The van der Waals surface area contributed by atoms with Crippen molar-refractivity contribution in [3.8, 4) is 5.75 Å². The first-order chi connectivity index (χ1) is 12.2. The quantitative estimate of drug-likeness (QED) is 0.521. The number of benzene rings is 2. The minimum Gasteiger partial charge on any atom is -0.484 e. The predicted octanol–water partition coefficient (Wildman–Crippen LogP) is 4.56. The minimum atomic E-state index is 0.214. The van der Waals surface area contributed by atoms with Crippen LogP contribution in [0.3, 0.4) is 0 Å². The number of hydrogen-bond acceptors (Lipinski definition) is 7. The van der Waals surface area contributed by atoms with Gasteiger partial charge in [-0.05, 0) is 43.2 Å². The highest BCUT2D eigenvalue weighted by Crippen LogP contribution is 2.29. The van der Waals surface area contributed by atoms with Gasteiger partial charge in [-0.1, -0.05) is 24.3 Å². The average molecular weight is 353 g/mol. The van der Waals surface area contributed by atoms with Crippen LogP contribution < -0.4 is 4.74 Å². The maximum atomic E-state index is 5.77. The molecule has 0 radical (unpaired) electrons. The normalized spacial score (nSPS) is 11.1. The number of hydrogen-bond donors (Lipinski definition) is 0. The Morgan fingerprint density at radius 3 is 2.76 bits per heavy atom. The third-order valence-corrected chi connectivity index (χ3v) is 4.28. The second-order valence-electron chi connectivity index (χ2n) is 5.57. The zero-order chi connectivity index (χ0) is 17.2. The second-order valence-corrected chi connectivity index (χ2v) is 6.47. The highest BCUT2D eigenvalue weighted by molar-refractivity contribution is 7.98.